The minimum atomic E-state index is -0.977. The van der Waals surface area contributed by atoms with Crippen LogP contribution in [0.25, 0.3) is 0 Å². The standard InChI is InChI=1S/C19H20N2O6/c1-26-16-9-5-13(11-17(16)27-2)19(24)20-14-6-3-12(4-7-14)15(21-25)8-10-18(22)23/h3-7,9,11,25H,8,10H2,1-2H3,(H,20,24)(H,22,23). The zero-order valence-electron chi connectivity index (χ0n) is 14.9. The van der Waals surface area contributed by atoms with Crippen LogP contribution in [-0.2, 0) is 4.79 Å². The maximum atomic E-state index is 12.4. The first-order valence-corrected chi connectivity index (χ1v) is 8.05. The fourth-order valence-corrected chi connectivity index (χ4v) is 2.40. The first-order chi connectivity index (χ1) is 13.0. The molecule has 0 aliphatic rings. The number of nitrogens with one attached hydrogen (secondary N) is 1. The van der Waals surface area contributed by atoms with Gasteiger partial charge in [0.2, 0.25) is 0 Å². The number of methoxy groups -OCH3 is 2. The Morgan fingerprint density at radius 3 is 2.15 bits per heavy atom. The number of nitrogens with zero attached hydrogens (tertiary/aromatic N) is 1. The second kappa shape index (κ2) is 9.23. The van der Waals surface area contributed by atoms with Crippen LogP contribution in [0, 0.1) is 0 Å². The number of carboxylic acids is 1. The first kappa shape index (κ1) is 19.8. The van der Waals surface area contributed by atoms with Crippen LogP contribution in [0.15, 0.2) is 47.6 Å². The van der Waals surface area contributed by atoms with Gasteiger partial charge in [-0.25, -0.2) is 0 Å². The zero-order chi connectivity index (χ0) is 19.8. The van der Waals surface area contributed by atoms with E-state index < -0.39 is 5.97 Å². The Kier molecular flexibility index (Phi) is 6.76. The van der Waals surface area contributed by atoms with Crippen LogP contribution in [0.3, 0.4) is 0 Å². The van der Waals surface area contributed by atoms with Crippen molar-refractivity contribution in [3.05, 3.63) is 53.6 Å². The van der Waals surface area contributed by atoms with Gasteiger partial charge in [0, 0.05) is 17.7 Å². The molecule has 142 valence electrons. The molecule has 0 aliphatic carbocycles. The summed E-state index contributed by atoms with van der Waals surface area (Å²) in [6.45, 7) is 0. The van der Waals surface area contributed by atoms with E-state index in [0.717, 1.165) is 0 Å². The Labute approximate surface area is 156 Å². The fourth-order valence-electron chi connectivity index (χ4n) is 2.40. The third-order valence-corrected chi connectivity index (χ3v) is 3.82. The van der Waals surface area contributed by atoms with Crippen molar-refractivity contribution in [2.45, 2.75) is 12.8 Å². The highest BCUT2D eigenvalue weighted by atomic mass is 16.5. The van der Waals surface area contributed by atoms with Crippen molar-refractivity contribution in [3.63, 3.8) is 0 Å². The Morgan fingerprint density at radius 1 is 0.963 bits per heavy atom. The van der Waals surface area contributed by atoms with Gasteiger partial charge in [-0.15, -0.1) is 0 Å². The van der Waals surface area contributed by atoms with E-state index in [1.807, 2.05) is 0 Å². The first-order valence-electron chi connectivity index (χ1n) is 8.05. The third-order valence-electron chi connectivity index (χ3n) is 3.82. The summed E-state index contributed by atoms with van der Waals surface area (Å²) in [5.41, 5.74) is 1.77. The van der Waals surface area contributed by atoms with Crippen molar-refractivity contribution >= 4 is 23.3 Å². The molecule has 2 aromatic rings. The number of amides is 1. The van der Waals surface area contributed by atoms with Gasteiger partial charge in [-0.3, -0.25) is 9.59 Å². The van der Waals surface area contributed by atoms with Crippen LogP contribution >= 0.6 is 0 Å². The quantitative estimate of drug-likeness (QED) is 0.372. The van der Waals surface area contributed by atoms with E-state index in [0.29, 0.717) is 28.3 Å². The zero-order valence-corrected chi connectivity index (χ0v) is 14.9. The lowest BCUT2D eigenvalue weighted by Gasteiger charge is -2.10. The molecular formula is C19H20N2O6. The Bertz CT molecular complexity index is 846. The molecule has 0 aromatic heterocycles. The summed E-state index contributed by atoms with van der Waals surface area (Å²) in [7, 11) is 3.00. The molecule has 8 heteroatoms. The second-order valence-electron chi connectivity index (χ2n) is 5.54. The third kappa shape index (κ3) is 5.21. The number of rotatable bonds is 8. The number of benzene rings is 2. The van der Waals surface area contributed by atoms with E-state index in [9.17, 15) is 9.59 Å². The molecule has 0 bridgehead atoms. The van der Waals surface area contributed by atoms with Gasteiger partial charge in [0.15, 0.2) is 11.5 Å². The minimum Gasteiger partial charge on any atom is -0.493 e. The summed E-state index contributed by atoms with van der Waals surface area (Å²) in [4.78, 5) is 23.0. The van der Waals surface area contributed by atoms with E-state index in [4.69, 9.17) is 19.8 Å². The summed E-state index contributed by atoms with van der Waals surface area (Å²) in [5, 5.41) is 23.7. The fraction of sp³-hybridized carbons (Fsp3) is 0.211. The average Bonchev–Trinajstić information content (AvgIpc) is 2.68. The number of hydrogen-bond donors (Lipinski definition) is 3. The summed E-state index contributed by atoms with van der Waals surface area (Å²) in [5.74, 6) is -0.334. The molecule has 0 spiro atoms. The molecule has 0 heterocycles. The van der Waals surface area contributed by atoms with E-state index in [-0.39, 0.29) is 24.5 Å². The number of carbonyl (C=O) groups excluding carboxylic acids is 1. The summed E-state index contributed by atoms with van der Waals surface area (Å²) < 4.78 is 10.3. The predicted molar refractivity (Wildman–Crippen MR) is 99.1 cm³/mol. The molecule has 0 aliphatic heterocycles. The van der Waals surface area contributed by atoms with Crippen LogP contribution in [-0.4, -0.2) is 42.1 Å². The predicted octanol–water partition coefficient (Wildman–Crippen LogP) is 3.00. The Morgan fingerprint density at radius 2 is 1.59 bits per heavy atom. The van der Waals surface area contributed by atoms with Crippen molar-refractivity contribution in [1.29, 1.82) is 0 Å². The van der Waals surface area contributed by atoms with Gasteiger partial charge in [-0.2, -0.15) is 0 Å². The van der Waals surface area contributed by atoms with Gasteiger partial charge in [0.25, 0.3) is 5.91 Å². The van der Waals surface area contributed by atoms with Gasteiger partial charge in [0.05, 0.1) is 26.4 Å². The molecule has 8 nitrogen and oxygen atoms in total. The van der Waals surface area contributed by atoms with Gasteiger partial charge in [0.1, 0.15) is 0 Å². The van der Waals surface area contributed by atoms with Gasteiger partial charge < -0.3 is 25.1 Å². The highest BCUT2D eigenvalue weighted by Crippen LogP contribution is 2.27. The SMILES string of the molecule is COc1ccc(C(=O)Nc2ccc(C(CCC(=O)O)=NO)cc2)cc1OC. The normalized spacial score (nSPS) is 11.0. The number of carbonyl (C=O) groups is 2. The molecule has 2 aromatic carbocycles. The van der Waals surface area contributed by atoms with Crippen molar-refractivity contribution in [3.8, 4) is 11.5 Å². The smallest absolute Gasteiger partial charge is 0.303 e. The maximum absolute atomic E-state index is 12.4. The Balaban J connectivity index is 2.09. The van der Waals surface area contributed by atoms with Crippen LogP contribution < -0.4 is 14.8 Å². The number of aliphatic carboxylic acids is 1. The lowest BCUT2D eigenvalue weighted by Crippen LogP contribution is -2.12. The topological polar surface area (TPSA) is 117 Å². The van der Waals surface area contributed by atoms with E-state index in [2.05, 4.69) is 10.5 Å². The molecule has 0 fully saturated rings. The number of hydrogen-bond acceptors (Lipinski definition) is 6. The highest BCUT2D eigenvalue weighted by Gasteiger charge is 2.12. The van der Waals surface area contributed by atoms with E-state index >= 15 is 0 Å². The number of carboxylic acid groups (broad SMARTS) is 1. The van der Waals surface area contributed by atoms with Crippen LogP contribution in [0.4, 0.5) is 5.69 Å². The Hall–Kier alpha value is -3.55. The van der Waals surface area contributed by atoms with Gasteiger partial charge >= 0.3 is 5.97 Å². The minimum absolute atomic E-state index is 0.100. The van der Waals surface area contributed by atoms with E-state index in [1.165, 1.54) is 14.2 Å². The van der Waals surface area contributed by atoms with Gasteiger partial charge in [-0.1, -0.05) is 17.3 Å². The van der Waals surface area contributed by atoms with Crippen molar-refractivity contribution < 1.29 is 29.4 Å². The van der Waals surface area contributed by atoms with Crippen molar-refractivity contribution in [1.82, 2.24) is 0 Å². The largest absolute Gasteiger partial charge is 0.493 e. The molecule has 1 amide bonds. The summed E-state index contributed by atoms with van der Waals surface area (Å²) >= 11 is 0. The molecule has 0 saturated heterocycles. The van der Waals surface area contributed by atoms with Crippen molar-refractivity contribution in [2.24, 2.45) is 5.16 Å². The molecule has 0 unspecified atom stereocenters. The van der Waals surface area contributed by atoms with E-state index in [1.54, 1.807) is 42.5 Å². The second-order valence-corrected chi connectivity index (χ2v) is 5.54. The molecule has 0 radical (unpaired) electrons. The highest BCUT2D eigenvalue weighted by molar-refractivity contribution is 6.05. The number of ether oxygens (including phenoxy) is 2. The maximum Gasteiger partial charge on any atom is 0.303 e. The monoisotopic (exact) mass is 372 g/mol. The molecule has 2 rings (SSSR count). The summed E-state index contributed by atoms with van der Waals surface area (Å²) in [6.07, 6.45) is -0.0413. The average molecular weight is 372 g/mol. The molecule has 0 saturated carbocycles. The lowest BCUT2D eigenvalue weighted by molar-refractivity contribution is -0.136. The number of anilines is 1. The summed E-state index contributed by atoms with van der Waals surface area (Å²) in [6, 6.07) is 11.4. The molecule has 3 N–H and O–H groups in total. The lowest BCUT2D eigenvalue weighted by atomic mass is 10.1. The molecule has 27 heavy (non-hydrogen) atoms. The van der Waals surface area contributed by atoms with Gasteiger partial charge in [-0.05, 0) is 35.9 Å². The molecule has 0 atom stereocenters. The van der Waals surface area contributed by atoms with Crippen LogP contribution in [0.2, 0.25) is 0 Å². The molecular weight excluding hydrogens is 352 g/mol. The van der Waals surface area contributed by atoms with Crippen LogP contribution in [0.5, 0.6) is 11.5 Å². The van der Waals surface area contributed by atoms with Crippen molar-refractivity contribution in [2.75, 3.05) is 19.5 Å². The van der Waals surface area contributed by atoms with Crippen LogP contribution in [0.1, 0.15) is 28.8 Å². The number of oxime groups is 1.